The zero-order valence-electron chi connectivity index (χ0n) is 15.8. The van der Waals surface area contributed by atoms with E-state index >= 15 is 0 Å². The molecule has 0 bridgehead atoms. The first kappa shape index (κ1) is 22.8. The largest absolute Gasteiger partial charge is 0.495 e. The minimum absolute atomic E-state index is 0. The van der Waals surface area contributed by atoms with Gasteiger partial charge in [0.25, 0.3) is 5.56 Å². The smallest absolute Gasteiger partial charge is 0.250 e. The van der Waals surface area contributed by atoms with Crippen molar-refractivity contribution in [2.75, 3.05) is 12.4 Å². The quantitative estimate of drug-likeness (QED) is 0.289. The van der Waals surface area contributed by atoms with Crippen molar-refractivity contribution in [3.8, 4) is 5.75 Å². The normalized spacial score (nSPS) is 10.9. The van der Waals surface area contributed by atoms with E-state index in [0.29, 0.717) is 29.8 Å². The van der Waals surface area contributed by atoms with E-state index in [1.807, 2.05) is 36.4 Å². The molecule has 0 saturated carbocycles. The number of hydrogen-bond acceptors (Lipinski definition) is 3. The third kappa shape index (κ3) is 6.50. The van der Waals surface area contributed by atoms with Crippen LogP contribution in [0.3, 0.4) is 0 Å². The van der Waals surface area contributed by atoms with E-state index in [-0.39, 0.29) is 29.5 Å². The number of benzene rings is 2. The molecule has 6 nitrogen and oxygen atoms in total. The SMILES string of the molecule is COc1ccc(NC(N)=NCc2ccc(Cn3ccccc3=O)cc2)cc1Cl.I. The molecule has 3 rings (SSSR count). The second-order valence-electron chi connectivity index (χ2n) is 6.16. The minimum atomic E-state index is -0.0198. The van der Waals surface area contributed by atoms with Crippen molar-refractivity contribution < 1.29 is 4.74 Å². The number of nitrogens with two attached hydrogens (primary N) is 1. The van der Waals surface area contributed by atoms with Crippen LogP contribution >= 0.6 is 35.6 Å². The maximum atomic E-state index is 11.8. The van der Waals surface area contributed by atoms with E-state index in [9.17, 15) is 4.79 Å². The molecular formula is C21H22ClIN4O2. The van der Waals surface area contributed by atoms with Gasteiger partial charge in [-0.2, -0.15) is 0 Å². The highest BCUT2D eigenvalue weighted by Crippen LogP contribution is 2.27. The number of methoxy groups -OCH3 is 1. The highest BCUT2D eigenvalue weighted by Gasteiger charge is 2.03. The van der Waals surface area contributed by atoms with E-state index in [2.05, 4.69) is 10.3 Å². The fraction of sp³-hybridized carbons (Fsp3) is 0.143. The fourth-order valence-corrected chi connectivity index (χ4v) is 2.90. The molecule has 3 aromatic rings. The zero-order valence-corrected chi connectivity index (χ0v) is 18.9. The molecular weight excluding hydrogens is 503 g/mol. The van der Waals surface area contributed by atoms with E-state index in [0.717, 1.165) is 16.8 Å². The first-order valence-corrected chi connectivity index (χ1v) is 9.07. The van der Waals surface area contributed by atoms with Gasteiger partial charge in [0.15, 0.2) is 5.96 Å². The van der Waals surface area contributed by atoms with Crippen LogP contribution in [-0.2, 0) is 13.1 Å². The second kappa shape index (κ2) is 10.9. The molecule has 29 heavy (non-hydrogen) atoms. The van der Waals surface area contributed by atoms with Gasteiger partial charge in [-0.3, -0.25) is 4.79 Å². The Hall–Kier alpha value is -2.52. The molecule has 0 aliphatic carbocycles. The van der Waals surface area contributed by atoms with Crippen molar-refractivity contribution in [2.45, 2.75) is 13.1 Å². The summed E-state index contributed by atoms with van der Waals surface area (Å²) in [5, 5.41) is 3.50. The lowest BCUT2D eigenvalue weighted by molar-refractivity contribution is 0.415. The van der Waals surface area contributed by atoms with Crippen molar-refractivity contribution in [1.29, 1.82) is 0 Å². The number of anilines is 1. The minimum Gasteiger partial charge on any atom is -0.495 e. The number of halogens is 2. The Balaban J connectivity index is 0.00000300. The van der Waals surface area contributed by atoms with Gasteiger partial charge >= 0.3 is 0 Å². The Morgan fingerprint density at radius 2 is 1.86 bits per heavy atom. The molecule has 0 spiro atoms. The molecule has 0 aliphatic heterocycles. The van der Waals surface area contributed by atoms with Crippen LogP contribution in [0.5, 0.6) is 5.75 Å². The van der Waals surface area contributed by atoms with Gasteiger partial charge in [0.2, 0.25) is 0 Å². The van der Waals surface area contributed by atoms with Gasteiger partial charge in [0, 0.05) is 18.0 Å². The van der Waals surface area contributed by atoms with Gasteiger partial charge in [-0.15, -0.1) is 24.0 Å². The van der Waals surface area contributed by atoms with Crippen molar-refractivity contribution in [2.24, 2.45) is 10.7 Å². The van der Waals surface area contributed by atoms with Gasteiger partial charge in [-0.1, -0.05) is 41.9 Å². The number of pyridine rings is 1. The summed E-state index contributed by atoms with van der Waals surface area (Å²) in [5.74, 6) is 0.890. The molecule has 0 amide bonds. The molecule has 3 N–H and O–H groups in total. The number of nitrogens with zero attached hydrogens (tertiary/aromatic N) is 2. The molecule has 0 unspecified atom stereocenters. The van der Waals surface area contributed by atoms with E-state index in [1.54, 1.807) is 42.1 Å². The lowest BCUT2D eigenvalue weighted by Gasteiger charge is -2.09. The van der Waals surface area contributed by atoms with Crippen LogP contribution < -0.4 is 21.3 Å². The topological polar surface area (TPSA) is 81.6 Å². The Kier molecular flexibility index (Phi) is 8.53. The van der Waals surface area contributed by atoms with Gasteiger partial charge in [0.05, 0.1) is 25.2 Å². The van der Waals surface area contributed by atoms with Gasteiger partial charge in [-0.05, 0) is 35.4 Å². The average molecular weight is 525 g/mol. The van der Waals surface area contributed by atoms with E-state index in [1.165, 1.54) is 0 Å². The summed E-state index contributed by atoms with van der Waals surface area (Å²) in [4.78, 5) is 16.1. The molecule has 0 aliphatic rings. The van der Waals surface area contributed by atoms with Crippen LogP contribution in [0.15, 0.2) is 76.6 Å². The fourth-order valence-electron chi connectivity index (χ4n) is 2.65. The molecule has 0 fully saturated rings. The number of guanidine groups is 1. The van der Waals surface area contributed by atoms with E-state index in [4.69, 9.17) is 22.1 Å². The lowest BCUT2D eigenvalue weighted by Crippen LogP contribution is -2.22. The van der Waals surface area contributed by atoms with Crippen LogP contribution in [0.2, 0.25) is 5.02 Å². The highest BCUT2D eigenvalue weighted by atomic mass is 127. The molecule has 0 saturated heterocycles. The first-order chi connectivity index (χ1) is 13.5. The maximum absolute atomic E-state index is 11.8. The number of rotatable bonds is 6. The Bertz CT molecular complexity index is 1040. The molecule has 0 atom stereocenters. The van der Waals surface area contributed by atoms with Crippen LogP contribution in [0, 0.1) is 0 Å². The van der Waals surface area contributed by atoms with Crippen LogP contribution in [0.25, 0.3) is 0 Å². The van der Waals surface area contributed by atoms with Crippen molar-refractivity contribution in [3.05, 3.63) is 93.4 Å². The number of ether oxygens (including phenoxy) is 1. The molecule has 0 radical (unpaired) electrons. The summed E-state index contributed by atoms with van der Waals surface area (Å²) in [5.41, 5.74) is 8.72. The second-order valence-corrected chi connectivity index (χ2v) is 6.57. The number of aromatic nitrogens is 1. The summed E-state index contributed by atoms with van der Waals surface area (Å²) < 4.78 is 6.79. The first-order valence-electron chi connectivity index (χ1n) is 8.69. The third-order valence-electron chi connectivity index (χ3n) is 4.13. The molecule has 8 heteroatoms. The number of hydrogen-bond donors (Lipinski definition) is 2. The van der Waals surface area contributed by atoms with Crippen molar-refractivity contribution >= 4 is 47.2 Å². The lowest BCUT2D eigenvalue weighted by atomic mass is 10.1. The zero-order chi connectivity index (χ0) is 19.9. The molecule has 1 heterocycles. The van der Waals surface area contributed by atoms with Gasteiger partial charge in [0.1, 0.15) is 5.75 Å². The van der Waals surface area contributed by atoms with E-state index < -0.39 is 0 Å². The summed E-state index contributed by atoms with van der Waals surface area (Å²) in [6, 6.07) is 18.3. The van der Waals surface area contributed by atoms with Crippen molar-refractivity contribution in [1.82, 2.24) is 4.57 Å². The summed E-state index contributed by atoms with van der Waals surface area (Å²) in [7, 11) is 1.56. The Labute approximate surface area is 191 Å². The standard InChI is InChI=1S/C21H21ClN4O2.HI/c1-28-19-10-9-17(12-18(19)22)25-21(23)24-13-15-5-7-16(8-6-15)14-26-11-3-2-4-20(26)27;/h2-12H,13-14H2,1H3,(H3,23,24,25);1H. The number of nitrogens with one attached hydrogen (secondary N) is 1. The molecule has 1 aromatic heterocycles. The number of aliphatic imine (C=N–C) groups is 1. The van der Waals surface area contributed by atoms with Crippen LogP contribution in [-0.4, -0.2) is 17.6 Å². The average Bonchev–Trinajstić information content (AvgIpc) is 2.69. The monoisotopic (exact) mass is 524 g/mol. The van der Waals surface area contributed by atoms with Gasteiger partial charge in [-0.25, -0.2) is 4.99 Å². The maximum Gasteiger partial charge on any atom is 0.250 e. The van der Waals surface area contributed by atoms with Crippen LogP contribution in [0.4, 0.5) is 5.69 Å². The molecule has 152 valence electrons. The summed E-state index contributed by atoms with van der Waals surface area (Å²) >= 11 is 6.10. The Morgan fingerprint density at radius 1 is 1.14 bits per heavy atom. The summed E-state index contributed by atoms with van der Waals surface area (Å²) in [6.45, 7) is 0.972. The molecule has 2 aromatic carbocycles. The van der Waals surface area contributed by atoms with Gasteiger partial charge < -0.3 is 20.4 Å². The Morgan fingerprint density at radius 3 is 2.52 bits per heavy atom. The predicted molar refractivity (Wildman–Crippen MR) is 129 cm³/mol. The van der Waals surface area contributed by atoms with Crippen LogP contribution in [0.1, 0.15) is 11.1 Å². The highest BCUT2D eigenvalue weighted by molar-refractivity contribution is 14.0. The summed E-state index contributed by atoms with van der Waals surface area (Å²) in [6.07, 6.45) is 1.78. The predicted octanol–water partition coefficient (Wildman–Crippen LogP) is 4.10. The van der Waals surface area contributed by atoms with Crippen molar-refractivity contribution in [3.63, 3.8) is 0 Å². The third-order valence-corrected chi connectivity index (χ3v) is 4.43.